The zero-order valence-corrected chi connectivity index (χ0v) is 26.7. The van der Waals surface area contributed by atoms with Gasteiger partial charge < -0.3 is 23.7 Å². The molecule has 0 aliphatic heterocycles. The Morgan fingerprint density at radius 1 is 0.340 bits per heavy atom. The molecule has 0 aliphatic rings. The van der Waals surface area contributed by atoms with E-state index in [1.54, 1.807) is 91.0 Å². The van der Waals surface area contributed by atoms with Crippen LogP contribution < -0.4 is 0 Å². The molecule has 5 aromatic rings. The molecule has 5 rings (SSSR count). The van der Waals surface area contributed by atoms with Gasteiger partial charge in [-0.15, -0.1) is 0 Å². The lowest BCUT2D eigenvalue weighted by Gasteiger charge is -2.32. The van der Waals surface area contributed by atoms with E-state index in [0.29, 0.717) is 0 Å². The van der Waals surface area contributed by atoms with E-state index in [-0.39, 0.29) is 27.8 Å². The highest BCUT2D eigenvalue weighted by atomic mass is 16.6. The van der Waals surface area contributed by atoms with Crippen molar-refractivity contribution in [1.82, 2.24) is 0 Å². The molecule has 0 saturated carbocycles. The Kier molecular flexibility index (Phi) is 12.2. The first-order valence-electron chi connectivity index (χ1n) is 15.6. The van der Waals surface area contributed by atoms with Crippen LogP contribution in [0.15, 0.2) is 152 Å². The number of carbonyl (C=O) groups excluding carboxylic acids is 5. The standard InChI is InChI=1S/C40H32O10/c41-36(28-16-6-1-7-17-28)46-26-33(48-38(43)30-20-10-3-11-21-30)35(50-40(45)32-24-14-5-15-25-32)34(49-39(44)31-22-12-4-13-23-31)27-47-37(42)29-18-8-2-9-19-29/h1-25,33-35H,26-27H2. The van der Waals surface area contributed by atoms with Gasteiger partial charge in [0.25, 0.3) is 0 Å². The summed E-state index contributed by atoms with van der Waals surface area (Å²) in [6.45, 7) is -1.27. The maximum Gasteiger partial charge on any atom is 0.338 e. The second-order valence-corrected chi connectivity index (χ2v) is 10.8. The number of hydrogen-bond acceptors (Lipinski definition) is 10. The minimum atomic E-state index is -1.66. The summed E-state index contributed by atoms with van der Waals surface area (Å²) in [5, 5.41) is 0. The van der Waals surface area contributed by atoms with Crippen LogP contribution in [0, 0.1) is 0 Å². The predicted octanol–water partition coefficient (Wildman–Crippen LogP) is 6.38. The van der Waals surface area contributed by atoms with Gasteiger partial charge in [-0.05, 0) is 60.7 Å². The minimum absolute atomic E-state index is 0.126. The van der Waals surface area contributed by atoms with E-state index < -0.39 is 61.4 Å². The number of ether oxygens (including phenoxy) is 5. The van der Waals surface area contributed by atoms with Crippen LogP contribution in [0.3, 0.4) is 0 Å². The van der Waals surface area contributed by atoms with E-state index >= 15 is 0 Å². The summed E-state index contributed by atoms with van der Waals surface area (Å²) in [5.41, 5.74) is 0.840. The Bertz CT molecular complexity index is 1750. The molecule has 0 saturated heterocycles. The van der Waals surface area contributed by atoms with Gasteiger partial charge >= 0.3 is 29.8 Å². The monoisotopic (exact) mass is 672 g/mol. The topological polar surface area (TPSA) is 132 Å². The first-order chi connectivity index (χ1) is 24.4. The van der Waals surface area contributed by atoms with Crippen LogP contribution >= 0.6 is 0 Å². The van der Waals surface area contributed by atoms with Gasteiger partial charge in [0.15, 0.2) is 18.3 Å². The summed E-state index contributed by atoms with van der Waals surface area (Å²) in [5.74, 6) is -4.08. The van der Waals surface area contributed by atoms with Gasteiger partial charge in [-0.3, -0.25) is 0 Å². The molecular weight excluding hydrogens is 640 g/mol. The van der Waals surface area contributed by atoms with Crippen LogP contribution in [0.5, 0.6) is 0 Å². The summed E-state index contributed by atoms with van der Waals surface area (Å²) in [6.07, 6.45) is -4.78. The van der Waals surface area contributed by atoms with Gasteiger partial charge in [-0.1, -0.05) is 91.0 Å². The third-order valence-corrected chi connectivity index (χ3v) is 7.30. The van der Waals surface area contributed by atoms with Gasteiger partial charge in [0.1, 0.15) is 13.2 Å². The van der Waals surface area contributed by atoms with Crippen molar-refractivity contribution in [3.63, 3.8) is 0 Å². The molecule has 0 fully saturated rings. The highest BCUT2D eigenvalue weighted by Gasteiger charge is 2.41. The maximum absolute atomic E-state index is 13.6. The van der Waals surface area contributed by atoms with Crippen LogP contribution in [0.2, 0.25) is 0 Å². The van der Waals surface area contributed by atoms with Crippen molar-refractivity contribution >= 4 is 29.8 Å². The molecule has 0 heterocycles. The maximum atomic E-state index is 13.6. The Hall–Kier alpha value is -6.55. The summed E-state index contributed by atoms with van der Waals surface area (Å²) in [7, 11) is 0. The van der Waals surface area contributed by atoms with Gasteiger partial charge in [0.2, 0.25) is 0 Å². The van der Waals surface area contributed by atoms with Crippen molar-refractivity contribution in [2.24, 2.45) is 0 Å². The lowest BCUT2D eigenvalue weighted by Crippen LogP contribution is -2.50. The zero-order chi connectivity index (χ0) is 35.1. The quantitative estimate of drug-likeness (QED) is 0.0968. The molecule has 10 heteroatoms. The molecular formula is C40H32O10. The molecule has 0 amide bonds. The average molecular weight is 673 g/mol. The fourth-order valence-corrected chi connectivity index (χ4v) is 4.74. The van der Waals surface area contributed by atoms with Crippen molar-refractivity contribution in [2.45, 2.75) is 18.3 Å². The molecule has 0 radical (unpaired) electrons. The third kappa shape index (κ3) is 9.74. The van der Waals surface area contributed by atoms with Crippen LogP contribution in [0.25, 0.3) is 0 Å². The van der Waals surface area contributed by atoms with Crippen molar-refractivity contribution in [1.29, 1.82) is 0 Å². The molecule has 5 aromatic carbocycles. The number of benzene rings is 5. The predicted molar refractivity (Wildman–Crippen MR) is 180 cm³/mol. The second-order valence-electron chi connectivity index (χ2n) is 10.8. The number of carbonyl (C=O) groups is 5. The fourth-order valence-electron chi connectivity index (χ4n) is 4.74. The average Bonchev–Trinajstić information content (AvgIpc) is 3.18. The summed E-state index contributed by atoms with van der Waals surface area (Å²) >= 11 is 0. The minimum Gasteiger partial charge on any atom is -0.458 e. The molecule has 10 nitrogen and oxygen atoms in total. The van der Waals surface area contributed by atoms with Gasteiger partial charge in [0.05, 0.1) is 27.8 Å². The molecule has 0 aliphatic carbocycles. The van der Waals surface area contributed by atoms with E-state index in [0.717, 1.165) is 0 Å². The number of esters is 5. The van der Waals surface area contributed by atoms with Crippen LogP contribution in [0.4, 0.5) is 0 Å². The normalized spacial score (nSPS) is 12.3. The Morgan fingerprint density at radius 3 is 0.860 bits per heavy atom. The van der Waals surface area contributed by atoms with Gasteiger partial charge in [-0.2, -0.15) is 0 Å². The fraction of sp³-hybridized carbons (Fsp3) is 0.125. The van der Waals surface area contributed by atoms with Crippen molar-refractivity contribution in [2.75, 3.05) is 13.2 Å². The van der Waals surface area contributed by atoms with E-state index in [2.05, 4.69) is 0 Å². The smallest absolute Gasteiger partial charge is 0.338 e. The Morgan fingerprint density at radius 2 is 0.580 bits per heavy atom. The van der Waals surface area contributed by atoms with E-state index in [9.17, 15) is 24.0 Å². The van der Waals surface area contributed by atoms with Crippen LogP contribution in [-0.4, -0.2) is 61.4 Å². The van der Waals surface area contributed by atoms with Crippen molar-refractivity contribution in [3.05, 3.63) is 179 Å². The lowest BCUT2D eigenvalue weighted by molar-refractivity contribution is -0.112. The second kappa shape index (κ2) is 17.6. The zero-order valence-electron chi connectivity index (χ0n) is 26.7. The molecule has 252 valence electrons. The lowest BCUT2D eigenvalue weighted by atomic mass is 10.1. The molecule has 50 heavy (non-hydrogen) atoms. The molecule has 0 spiro atoms. The number of hydrogen-bond donors (Lipinski definition) is 0. The molecule has 0 bridgehead atoms. The summed E-state index contributed by atoms with van der Waals surface area (Å²) in [6, 6.07) is 40.1. The number of rotatable bonds is 14. The van der Waals surface area contributed by atoms with Crippen molar-refractivity contribution < 1.29 is 47.7 Å². The third-order valence-electron chi connectivity index (χ3n) is 7.30. The highest BCUT2D eigenvalue weighted by molar-refractivity contribution is 5.92. The van der Waals surface area contributed by atoms with E-state index in [1.807, 2.05) is 0 Å². The van der Waals surface area contributed by atoms with E-state index in [1.165, 1.54) is 60.7 Å². The van der Waals surface area contributed by atoms with Gasteiger partial charge in [-0.25, -0.2) is 24.0 Å². The van der Waals surface area contributed by atoms with Crippen LogP contribution in [-0.2, 0) is 23.7 Å². The van der Waals surface area contributed by atoms with E-state index in [4.69, 9.17) is 23.7 Å². The molecule has 0 N–H and O–H groups in total. The SMILES string of the molecule is O=C(OCC(OC(=O)c1ccccc1)C(OC(=O)c1ccccc1)C(COC(=O)c1ccccc1)OC(=O)c1ccccc1)c1ccccc1. The summed E-state index contributed by atoms with van der Waals surface area (Å²) < 4.78 is 28.8. The largest absolute Gasteiger partial charge is 0.458 e. The molecule has 2 unspecified atom stereocenters. The van der Waals surface area contributed by atoms with Crippen LogP contribution in [0.1, 0.15) is 51.8 Å². The Balaban J connectivity index is 1.53. The first-order valence-corrected chi connectivity index (χ1v) is 15.6. The first kappa shape index (κ1) is 34.8. The highest BCUT2D eigenvalue weighted by Crippen LogP contribution is 2.21. The summed E-state index contributed by atoms with van der Waals surface area (Å²) in [4.78, 5) is 66.6. The Labute approximate surface area is 288 Å². The van der Waals surface area contributed by atoms with Crippen molar-refractivity contribution in [3.8, 4) is 0 Å². The molecule has 2 atom stereocenters. The van der Waals surface area contributed by atoms with Gasteiger partial charge in [0, 0.05) is 0 Å². The molecule has 0 aromatic heterocycles.